The van der Waals surface area contributed by atoms with Gasteiger partial charge in [0, 0.05) is 28.0 Å². The van der Waals surface area contributed by atoms with Gasteiger partial charge in [0.1, 0.15) is 11.3 Å². The number of fused-ring (bicyclic) bond motifs is 7. The first-order valence-corrected chi connectivity index (χ1v) is 19.2. The monoisotopic (exact) mass is 713 g/mol. The van der Waals surface area contributed by atoms with Crippen molar-refractivity contribution in [3.8, 4) is 33.6 Å². The van der Waals surface area contributed by atoms with E-state index in [-0.39, 0.29) is 0 Å². The highest BCUT2D eigenvalue weighted by Crippen LogP contribution is 2.41. The first kappa shape index (κ1) is 32.0. The van der Waals surface area contributed by atoms with Crippen LogP contribution in [0.5, 0.6) is 0 Å². The number of hydrogen-bond donors (Lipinski definition) is 0. The second kappa shape index (κ2) is 13.2. The third-order valence-electron chi connectivity index (χ3n) is 11.2. The summed E-state index contributed by atoms with van der Waals surface area (Å²) in [4.78, 5) is 2.38. The Bertz CT molecular complexity index is 3090. The molecule has 0 amide bonds. The standard InChI is InChI=1S/C54H35NO/c1-4-12-47-38(9-1)21-23-41-33-45(29-31-50(41)47)55(46-30-32-51-42(34-46)24-22-39-10-2-5-13-48(39)51)44-27-25-37(26-28-44)36-17-19-40(20-18-36)49-14-6-7-15-52(49)54-35-43-11-3-8-16-53(43)56-54/h1-35H. The summed E-state index contributed by atoms with van der Waals surface area (Å²) in [5, 5.41) is 11.1. The van der Waals surface area contributed by atoms with Gasteiger partial charge in [-0.2, -0.15) is 0 Å². The number of hydrogen-bond acceptors (Lipinski definition) is 2. The molecular weight excluding hydrogens is 679 g/mol. The summed E-state index contributed by atoms with van der Waals surface area (Å²) >= 11 is 0. The number of benzene rings is 10. The van der Waals surface area contributed by atoms with E-state index in [0.717, 1.165) is 50.5 Å². The van der Waals surface area contributed by atoms with Crippen molar-refractivity contribution in [3.05, 3.63) is 212 Å². The minimum Gasteiger partial charge on any atom is -0.456 e. The third kappa shape index (κ3) is 5.51. The van der Waals surface area contributed by atoms with Crippen LogP contribution in [0.3, 0.4) is 0 Å². The van der Waals surface area contributed by atoms with Gasteiger partial charge in [-0.3, -0.25) is 0 Å². The Hall–Kier alpha value is -7.42. The Morgan fingerprint density at radius 3 is 1.34 bits per heavy atom. The normalized spacial score (nSPS) is 11.6. The van der Waals surface area contributed by atoms with Gasteiger partial charge in [0.05, 0.1) is 0 Å². The molecule has 0 aliphatic heterocycles. The predicted molar refractivity (Wildman–Crippen MR) is 237 cm³/mol. The summed E-state index contributed by atoms with van der Waals surface area (Å²) < 4.78 is 6.28. The van der Waals surface area contributed by atoms with Gasteiger partial charge in [-0.1, -0.05) is 164 Å². The first-order valence-electron chi connectivity index (χ1n) is 19.2. The highest BCUT2D eigenvalue weighted by atomic mass is 16.3. The molecule has 0 N–H and O–H groups in total. The number of anilines is 3. The zero-order valence-electron chi connectivity index (χ0n) is 30.6. The van der Waals surface area contributed by atoms with Crippen LogP contribution in [0.4, 0.5) is 17.1 Å². The van der Waals surface area contributed by atoms with Gasteiger partial charge in [-0.05, 0) is 114 Å². The van der Waals surface area contributed by atoms with Crippen LogP contribution in [0.15, 0.2) is 217 Å². The van der Waals surface area contributed by atoms with E-state index in [2.05, 4.69) is 199 Å². The van der Waals surface area contributed by atoms with Crippen molar-refractivity contribution < 1.29 is 4.42 Å². The second-order valence-corrected chi connectivity index (χ2v) is 14.5. The molecule has 262 valence electrons. The van der Waals surface area contributed by atoms with Crippen molar-refractivity contribution in [2.45, 2.75) is 0 Å². The maximum absolute atomic E-state index is 6.28. The van der Waals surface area contributed by atoms with Gasteiger partial charge in [0.25, 0.3) is 0 Å². The lowest BCUT2D eigenvalue weighted by Crippen LogP contribution is -2.10. The smallest absolute Gasteiger partial charge is 0.136 e. The Morgan fingerprint density at radius 1 is 0.286 bits per heavy atom. The third-order valence-corrected chi connectivity index (χ3v) is 11.2. The zero-order chi connectivity index (χ0) is 37.0. The Labute approximate surface area is 325 Å². The SMILES string of the molecule is c1ccc(-c2cc3ccccc3o2)c(-c2ccc(-c3ccc(N(c4ccc5c(ccc6ccccc65)c4)c4ccc5c(ccc6ccccc65)c4)cc3)cc2)c1. The minimum atomic E-state index is 0.880. The Kier molecular flexibility index (Phi) is 7.53. The van der Waals surface area contributed by atoms with Crippen LogP contribution in [0.25, 0.3) is 87.6 Å². The summed E-state index contributed by atoms with van der Waals surface area (Å²) in [7, 11) is 0. The Morgan fingerprint density at radius 2 is 0.732 bits per heavy atom. The van der Waals surface area contributed by atoms with Gasteiger partial charge in [0.15, 0.2) is 0 Å². The first-order chi connectivity index (χ1) is 27.7. The molecule has 0 fully saturated rings. The van der Waals surface area contributed by atoms with Crippen LogP contribution in [0.1, 0.15) is 0 Å². The lowest BCUT2D eigenvalue weighted by molar-refractivity contribution is 0.632. The van der Waals surface area contributed by atoms with Crippen molar-refractivity contribution in [3.63, 3.8) is 0 Å². The molecule has 11 aromatic rings. The van der Waals surface area contributed by atoms with Crippen molar-refractivity contribution in [1.82, 2.24) is 0 Å². The molecule has 0 atom stereocenters. The molecule has 0 saturated carbocycles. The summed E-state index contributed by atoms with van der Waals surface area (Å²) in [6, 6.07) is 76.5. The van der Waals surface area contributed by atoms with Crippen molar-refractivity contribution >= 4 is 71.1 Å². The molecule has 10 aromatic carbocycles. The lowest BCUT2D eigenvalue weighted by Gasteiger charge is -2.26. The fraction of sp³-hybridized carbons (Fsp3) is 0. The maximum atomic E-state index is 6.28. The maximum Gasteiger partial charge on any atom is 0.136 e. The average molecular weight is 714 g/mol. The van der Waals surface area contributed by atoms with Gasteiger partial charge in [-0.15, -0.1) is 0 Å². The number of furan rings is 1. The summed E-state index contributed by atoms with van der Waals surface area (Å²) in [6.07, 6.45) is 0. The zero-order valence-corrected chi connectivity index (χ0v) is 30.6. The largest absolute Gasteiger partial charge is 0.456 e. The molecule has 0 spiro atoms. The quantitative estimate of drug-likeness (QED) is 0.160. The average Bonchev–Trinajstić information content (AvgIpc) is 3.71. The molecule has 2 heteroatoms. The van der Waals surface area contributed by atoms with Gasteiger partial charge in [0.2, 0.25) is 0 Å². The molecule has 0 radical (unpaired) electrons. The summed E-state index contributed by atoms with van der Waals surface area (Å²) in [6.45, 7) is 0. The molecule has 2 nitrogen and oxygen atoms in total. The molecule has 0 aliphatic rings. The van der Waals surface area contributed by atoms with Crippen LogP contribution in [-0.2, 0) is 0 Å². The van der Waals surface area contributed by atoms with E-state index in [9.17, 15) is 0 Å². The van der Waals surface area contributed by atoms with Crippen LogP contribution in [-0.4, -0.2) is 0 Å². The Balaban J connectivity index is 0.969. The minimum absolute atomic E-state index is 0.880. The fourth-order valence-corrected chi connectivity index (χ4v) is 8.44. The topological polar surface area (TPSA) is 16.4 Å². The van der Waals surface area contributed by atoms with Gasteiger partial charge in [-0.25, -0.2) is 0 Å². The molecule has 0 saturated heterocycles. The molecule has 0 bridgehead atoms. The van der Waals surface area contributed by atoms with E-state index in [0.29, 0.717) is 0 Å². The van der Waals surface area contributed by atoms with Crippen molar-refractivity contribution in [2.24, 2.45) is 0 Å². The van der Waals surface area contributed by atoms with Crippen LogP contribution in [0, 0.1) is 0 Å². The van der Waals surface area contributed by atoms with E-state index < -0.39 is 0 Å². The molecule has 56 heavy (non-hydrogen) atoms. The van der Waals surface area contributed by atoms with E-state index in [1.54, 1.807) is 0 Å². The predicted octanol–water partition coefficient (Wildman–Crippen LogP) is 15.5. The van der Waals surface area contributed by atoms with Crippen LogP contribution >= 0.6 is 0 Å². The number of para-hydroxylation sites is 1. The molecule has 1 heterocycles. The highest BCUT2D eigenvalue weighted by Gasteiger charge is 2.16. The van der Waals surface area contributed by atoms with Crippen LogP contribution < -0.4 is 4.90 Å². The fourth-order valence-electron chi connectivity index (χ4n) is 8.44. The van der Waals surface area contributed by atoms with Gasteiger partial charge >= 0.3 is 0 Å². The highest BCUT2D eigenvalue weighted by molar-refractivity contribution is 6.10. The molecule has 0 aliphatic carbocycles. The molecule has 1 aromatic heterocycles. The van der Waals surface area contributed by atoms with E-state index >= 15 is 0 Å². The molecule has 11 rings (SSSR count). The van der Waals surface area contributed by atoms with Crippen molar-refractivity contribution in [2.75, 3.05) is 4.90 Å². The lowest BCUT2D eigenvalue weighted by atomic mass is 9.95. The number of rotatable bonds is 6. The van der Waals surface area contributed by atoms with E-state index in [1.165, 1.54) is 54.2 Å². The second-order valence-electron chi connectivity index (χ2n) is 14.5. The van der Waals surface area contributed by atoms with Gasteiger partial charge < -0.3 is 9.32 Å². The van der Waals surface area contributed by atoms with Crippen molar-refractivity contribution in [1.29, 1.82) is 0 Å². The van der Waals surface area contributed by atoms with E-state index in [4.69, 9.17) is 4.42 Å². The number of nitrogens with zero attached hydrogens (tertiary/aromatic N) is 1. The summed E-state index contributed by atoms with van der Waals surface area (Å²) in [5.74, 6) is 0.880. The molecular formula is C54H35NO. The molecule has 0 unspecified atom stereocenters. The van der Waals surface area contributed by atoms with Crippen LogP contribution in [0.2, 0.25) is 0 Å². The summed E-state index contributed by atoms with van der Waals surface area (Å²) in [5.41, 5.74) is 9.97. The van der Waals surface area contributed by atoms with E-state index in [1.807, 2.05) is 18.2 Å².